The molecule has 0 spiro atoms. The normalized spacial score (nSPS) is 28.7. The summed E-state index contributed by atoms with van der Waals surface area (Å²) in [6.45, 7) is 1.65. The van der Waals surface area contributed by atoms with Gasteiger partial charge in [-0.2, -0.15) is 0 Å². The minimum absolute atomic E-state index is 0.400. The Labute approximate surface area is 93.0 Å². The Bertz CT molecular complexity index is 398. The lowest BCUT2D eigenvalue weighted by Gasteiger charge is -2.27. The predicted octanol–water partition coefficient (Wildman–Crippen LogP) is 1.29. The quantitative estimate of drug-likeness (QED) is 0.783. The van der Waals surface area contributed by atoms with Crippen LogP contribution in [-0.2, 0) is 4.74 Å². The summed E-state index contributed by atoms with van der Waals surface area (Å²) in [4.78, 5) is 6.55. The molecule has 2 N–H and O–H groups in total. The van der Waals surface area contributed by atoms with Crippen LogP contribution in [0.15, 0.2) is 12.3 Å². The average molecular weight is 226 g/mol. The molecule has 0 radical (unpaired) electrons. The molecule has 2 unspecified atom stereocenters. The third kappa shape index (κ3) is 1.54. The standard InChI is InChI=1S/C10H12ClN3O/c11-6-5-13-10(3-7(6)12)14-1-2-15-9-4-8(9)14/h3,5,8-9H,1-2,4H2,(H2,12,13). The third-order valence-corrected chi connectivity index (χ3v) is 3.24. The molecular formula is C10H12ClN3O. The molecule has 80 valence electrons. The number of hydrogen-bond donors (Lipinski definition) is 1. The highest BCUT2D eigenvalue weighted by atomic mass is 35.5. The second-order valence-corrected chi connectivity index (χ2v) is 4.38. The maximum Gasteiger partial charge on any atom is 0.131 e. The molecule has 1 saturated carbocycles. The van der Waals surface area contributed by atoms with Crippen molar-refractivity contribution in [1.29, 1.82) is 0 Å². The van der Waals surface area contributed by atoms with Crippen LogP contribution in [0.3, 0.4) is 0 Å². The summed E-state index contributed by atoms with van der Waals surface area (Å²) < 4.78 is 5.53. The van der Waals surface area contributed by atoms with Gasteiger partial charge in [0.1, 0.15) is 5.82 Å². The van der Waals surface area contributed by atoms with Gasteiger partial charge < -0.3 is 15.4 Å². The van der Waals surface area contributed by atoms with Gasteiger partial charge in [0.2, 0.25) is 0 Å². The summed E-state index contributed by atoms with van der Waals surface area (Å²) in [6.07, 6.45) is 3.11. The molecule has 0 bridgehead atoms. The van der Waals surface area contributed by atoms with Gasteiger partial charge in [-0.3, -0.25) is 0 Å². The summed E-state index contributed by atoms with van der Waals surface area (Å²) in [6, 6.07) is 2.33. The van der Waals surface area contributed by atoms with E-state index in [-0.39, 0.29) is 0 Å². The zero-order valence-electron chi connectivity index (χ0n) is 8.19. The van der Waals surface area contributed by atoms with E-state index in [0.29, 0.717) is 22.9 Å². The Kier molecular flexibility index (Phi) is 2.00. The largest absolute Gasteiger partial charge is 0.397 e. The first kappa shape index (κ1) is 9.24. The molecule has 2 fully saturated rings. The molecule has 2 heterocycles. The molecule has 1 aromatic heterocycles. The number of pyridine rings is 1. The van der Waals surface area contributed by atoms with Crippen molar-refractivity contribution in [1.82, 2.24) is 4.98 Å². The van der Waals surface area contributed by atoms with Crippen molar-refractivity contribution in [3.8, 4) is 0 Å². The number of aromatic nitrogens is 1. The minimum atomic E-state index is 0.400. The van der Waals surface area contributed by atoms with Gasteiger partial charge >= 0.3 is 0 Å². The highest BCUT2D eigenvalue weighted by Gasteiger charge is 2.46. The second-order valence-electron chi connectivity index (χ2n) is 3.97. The van der Waals surface area contributed by atoms with E-state index in [1.54, 1.807) is 6.20 Å². The number of nitrogens with zero attached hydrogens (tertiary/aromatic N) is 2. The Balaban J connectivity index is 1.88. The number of nitrogen functional groups attached to an aromatic ring is 1. The van der Waals surface area contributed by atoms with Crippen molar-refractivity contribution in [2.45, 2.75) is 18.6 Å². The maximum absolute atomic E-state index is 5.84. The lowest BCUT2D eigenvalue weighted by atomic mass is 10.3. The molecule has 5 heteroatoms. The van der Waals surface area contributed by atoms with E-state index in [4.69, 9.17) is 22.1 Å². The van der Waals surface area contributed by atoms with Crippen LogP contribution in [0.25, 0.3) is 0 Å². The molecule has 1 aliphatic carbocycles. The van der Waals surface area contributed by atoms with Crippen LogP contribution in [0.5, 0.6) is 0 Å². The van der Waals surface area contributed by atoms with Crippen LogP contribution >= 0.6 is 11.6 Å². The number of anilines is 2. The van der Waals surface area contributed by atoms with E-state index in [2.05, 4.69) is 9.88 Å². The fourth-order valence-electron chi connectivity index (χ4n) is 2.02. The molecule has 1 saturated heterocycles. The van der Waals surface area contributed by atoms with Crippen molar-refractivity contribution in [2.24, 2.45) is 0 Å². The van der Waals surface area contributed by atoms with Gasteiger partial charge in [-0.1, -0.05) is 11.6 Å². The molecule has 1 aliphatic heterocycles. The van der Waals surface area contributed by atoms with Crippen LogP contribution < -0.4 is 10.6 Å². The van der Waals surface area contributed by atoms with E-state index < -0.39 is 0 Å². The molecule has 4 nitrogen and oxygen atoms in total. The molecule has 2 aliphatic rings. The number of fused-ring (bicyclic) bond motifs is 1. The van der Waals surface area contributed by atoms with Gasteiger partial charge in [-0.15, -0.1) is 0 Å². The monoisotopic (exact) mass is 225 g/mol. The number of rotatable bonds is 1. The first-order valence-corrected chi connectivity index (χ1v) is 5.43. The van der Waals surface area contributed by atoms with E-state index in [0.717, 1.165) is 25.4 Å². The SMILES string of the molecule is Nc1cc(N2CCOC3CC32)ncc1Cl. The molecule has 3 rings (SSSR count). The van der Waals surface area contributed by atoms with Gasteiger partial charge in [0.05, 0.1) is 29.5 Å². The highest BCUT2D eigenvalue weighted by Crippen LogP contribution is 2.37. The fraction of sp³-hybridized carbons (Fsp3) is 0.500. The lowest BCUT2D eigenvalue weighted by molar-refractivity contribution is 0.103. The predicted molar refractivity (Wildman–Crippen MR) is 59.2 cm³/mol. The summed E-state index contributed by atoms with van der Waals surface area (Å²) in [5.74, 6) is 0.910. The first-order chi connectivity index (χ1) is 7.25. The molecule has 0 aromatic carbocycles. The third-order valence-electron chi connectivity index (χ3n) is 2.93. The summed E-state index contributed by atoms with van der Waals surface area (Å²) in [7, 11) is 0. The lowest BCUT2D eigenvalue weighted by Crippen LogP contribution is -2.37. The second kappa shape index (κ2) is 3.25. The number of nitrogens with two attached hydrogens (primary N) is 1. The molecule has 2 atom stereocenters. The van der Waals surface area contributed by atoms with Crippen LogP contribution in [0.1, 0.15) is 6.42 Å². The number of ether oxygens (including phenoxy) is 1. The van der Waals surface area contributed by atoms with E-state index in [9.17, 15) is 0 Å². The summed E-state index contributed by atoms with van der Waals surface area (Å²) in [5, 5.41) is 0.513. The van der Waals surface area contributed by atoms with Crippen molar-refractivity contribution in [2.75, 3.05) is 23.8 Å². The zero-order chi connectivity index (χ0) is 10.4. The van der Waals surface area contributed by atoms with Gasteiger partial charge in [0, 0.05) is 18.8 Å². The van der Waals surface area contributed by atoms with Crippen LogP contribution in [0.4, 0.5) is 11.5 Å². The van der Waals surface area contributed by atoms with E-state index in [1.807, 2.05) is 6.07 Å². The smallest absolute Gasteiger partial charge is 0.131 e. The zero-order valence-corrected chi connectivity index (χ0v) is 8.94. The summed E-state index contributed by atoms with van der Waals surface area (Å²) in [5.41, 5.74) is 6.34. The van der Waals surface area contributed by atoms with Gasteiger partial charge in [-0.25, -0.2) is 4.98 Å². The Morgan fingerprint density at radius 2 is 2.47 bits per heavy atom. The Hall–Kier alpha value is -1.00. The molecular weight excluding hydrogens is 214 g/mol. The van der Waals surface area contributed by atoms with E-state index in [1.165, 1.54) is 0 Å². The summed E-state index contributed by atoms with van der Waals surface area (Å²) >= 11 is 5.84. The average Bonchev–Trinajstić information content (AvgIpc) is 3.00. The van der Waals surface area contributed by atoms with Crippen molar-refractivity contribution in [3.05, 3.63) is 17.3 Å². The first-order valence-electron chi connectivity index (χ1n) is 5.05. The number of hydrogen-bond acceptors (Lipinski definition) is 4. The molecule has 0 amide bonds. The maximum atomic E-state index is 5.84. The Morgan fingerprint density at radius 3 is 3.27 bits per heavy atom. The fourth-order valence-corrected chi connectivity index (χ4v) is 2.12. The molecule has 1 aromatic rings. The molecule has 15 heavy (non-hydrogen) atoms. The minimum Gasteiger partial charge on any atom is -0.397 e. The number of halogens is 1. The Morgan fingerprint density at radius 1 is 1.60 bits per heavy atom. The van der Waals surface area contributed by atoms with Gasteiger partial charge in [0.25, 0.3) is 0 Å². The van der Waals surface area contributed by atoms with Gasteiger partial charge in [0.15, 0.2) is 0 Å². The van der Waals surface area contributed by atoms with Crippen molar-refractivity contribution < 1.29 is 4.74 Å². The van der Waals surface area contributed by atoms with Crippen LogP contribution in [-0.4, -0.2) is 30.3 Å². The van der Waals surface area contributed by atoms with Crippen LogP contribution in [0.2, 0.25) is 5.02 Å². The van der Waals surface area contributed by atoms with E-state index >= 15 is 0 Å². The number of morpholine rings is 1. The van der Waals surface area contributed by atoms with Crippen molar-refractivity contribution in [3.63, 3.8) is 0 Å². The van der Waals surface area contributed by atoms with Crippen LogP contribution in [0, 0.1) is 0 Å². The van der Waals surface area contributed by atoms with Gasteiger partial charge in [-0.05, 0) is 6.42 Å². The van der Waals surface area contributed by atoms with Crippen molar-refractivity contribution >= 4 is 23.1 Å². The topological polar surface area (TPSA) is 51.4 Å². The highest BCUT2D eigenvalue weighted by molar-refractivity contribution is 6.32.